The van der Waals surface area contributed by atoms with E-state index in [2.05, 4.69) is 15.4 Å². The maximum Gasteiger partial charge on any atom is 0.354 e. The van der Waals surface area contributed by atoms with Crippen LogP contribution in [0.15, 0.2) is 29.3 Å². The van der Waals surface area contributed by atoms with Gasteiger partial charge >= 0.3 is 5.69 Å². The molecule has 100 valence electrons. The standard InChI is InChI=1S/C10H12N6O3/c1-15(4-7-2-3-19-5-7)10-8(16(17)18)9(14-11)12-6-13-10/h2-3,5-6H,4,11H2,1H3,(H,12,13,14). The molecule has 0 amide bonds. The third-order valence-corrected chi connectivity index (χ3v) is 2.48. The van der Waals surface area contributed by atoms with E-state index in [1.165, 1.54) is 12.6 Å². The minimum absolute atomic E-state index is 0.0333. The lowest BCUT2D eigenvalue weighted by Gasteiger charge is -2.17. The fourth-order valence-corrected chi connectivity index (χ4v) is 1.65. The Morgan fingerprint density at radius 1 is 1.58 bits per heavy atom. The molecule has 2 rings (SSSR count). The molecule has 0 fully saturated rings. The Morgan fingerprint density at radius 3 is 2.95 bits per heavy atom. The summed E-state index contributed by atoms with van der Waals surface area (Å²) in [5.41, 5.74) is 2.80. The van der Waals surface area contributed by atoms with E-state index in [1.807, 2.05) is 0 Å². The summed E-state index contributed by atoms with van der Waals surface area (Å²) in [5, 5.41) is 11.1. The lowest BCUT2D eigenvalue weighted by Crippen LogP contribution is -2.21. The number of hydrazine groups is 1. The van der Waals surface area contributed by atoms with E-state index in [4.69, 9.17) is 10.3 Å². The Hall–Kier alpha value is -2.68. The maximum absolute atomic E-state index is 11.1. The quantitative estimate of drug-likeness (QED) is 0.463. The number of hydrogen-bond acceptors (Lipinski definition) is 8. The maximum atomic E-state index is 11.1. The monoisotopic (exact) mass is 264 g/mol. The largest absolute Gasteiger partial charge is 0.472 e. The van der Waals surface area contributed by atoms with Crippen LogP contribution >= 0.6 is 0 Å². The average Bonchev–Trinajstić information content (AvgIpc) is 2.90. The lowest BCUT2D eigenvalue weighted by atomic mass is 10.3. The molecule has 0 radical (unpaired) electrons. The van der Waals surface area contributed by atoms with Gasteiger partial charge in [-0.2, -0.15) is 0 Å². The van der Waals surface area contributed by atoms with Crippen LogP contribution in [0.25, 0.3) is 0 Å². The molecule has 0 aliphatic carbocycles. The summed E-state index contributed by atoms with van der Waals surface area (Å²) >= 11 is 0. The molecule has 0 saturated heterocycles. The predicted octanol–water partition coefficient (Wildman–Crippen LogP) is 0.900. The number of nitrogens with one attached hydrogen (secondary N) is 1. The van der Waals surface area contributed by atoms with Crippen molar-refractivity contribution in [3.63, 3.8) is 0 Å². The Balaban J connectivity index is 2.35. The molecule has 3 N–H and O–H groups in total. The number of nitrogens with two attached hydrogens (primary N) is 1. The van der Waals surface area contributed by atoms with Crippen molar-refractivity contribution in [2.75, 3.05) is 17.4 Å². The number of hydrogen-bond donors (Lipinski definition) is 2. The van der Waals surface area contributed by atoms with Crippen LogP contribution in [-0.4, -0.2) is 21.9 Å². The number of anilines is 2. The van der Waals surface area contributed by atoms with Crippen molar-refractivity contribution < 1.29 is 9.34 Å². The molecular weight excluding hydrogens is 252 g/mol. The van der Waals surface area contributed by atoms with E-state index >= 15 is 0 Å². The van der Waals surface area contributed by atoms with Crippen molar-refractivity contribution >= 4 is 17.3 Å². The second-order valence-electron chi connectivity index (χ2n) is 3.78. The number of furan rings is 1. The molecular formula is C10H12N6O3. The fourth-order valence-electron chi connectivity index (χ4n) is 1.65. The van der Waals surface area contributed by atoms with Gasteiger partial charge in [0.2, 0.25) is 11.6 Å². The van der Waals surface area contributed by atoms with Crippen LogP contribution in [0.5, 0.6) is 0 Å². The molecule has 2 aromatic rings. The highest BCUT2D eigenvalue weighted by atomic mass is 16.6. The van der Waals surface area contributed by atoms with Gasteiger partial charge < -0.3 is 14.7 Å². The topological polar surface area (TPSA) is 123 Å². The van der Waals surface area contributed by atoms with Crippen molar-refractivity contribution in [2.24, 2.45) is 5.84 Å². The number of aromatic nitrogens is 2. The molecule has 0 aliphatic heterocycles. The SMILES string of the molecule is CN(Cc1ccoc1)c1ncnc(NN)c1[N+](=O)[O-]. The highest BCUT2D eigenvalue weighted by molar-refractivity contribution is 5.69. The highest BCUT2D eigenvalue weighted by Gasteiger charge is 2.25. The first-order valence-electron chi connectivity index (χ1n) is 5.31. The number of nitro groups is 1. The summed E-state index contributed by atoms with van der Waals surface area (Å²) in [6.45, 7) is 0.415. The normalized spacial score (nSPS) is 10.2. The summed E-state index contributed by atoms with van der Waals surface area (Å²) in [5.74, 6) is 5.36. The van der Waals surface area contributed by atoms with Crippen molar-refractivity contribution in [3.05, 3.63) is 40.6 Å². The molecule has 0 spiro atoms. The number of nitrogens with zero attached hydrogens (tertiary/aromatic N) is 4. The van der Waals surface area contributed by atoms with E-state index < -0.39 is 4.92 Å². The van der Waals surface area contributed by atoms with Gasteiger partial charge in [0.05, 0.1) is 17.4 Å². The first-order valence-corrected chi connectivity index (χ1v) is 5.31. The smallest absolute Gasteiger partial charge is 0.354 e. The molecule has 0 aromatic carbocycles. The van der Waals surface area contributed by atoms with E-state index in [9.17, 15) is 10.1 Å². The first-order chi connectivity index (χ1) is 9.13. The minimum atomic E-state index is -0.573. The van der Waals surface area contributed by atoms with Crippen LogP contribution in [0.3, 0.4) is 0 Å². The Kier molecular flexibility index (Phi) is 3.57. The molecule has 0 aliphatic rings. The minimum Gasteiger partial charge on any atom is -0.472 e. The van der Waals surface area contributed by atoms with Gasteiger partial charge in [0, 0.05) is 19.2 Å². The second-order valence-corrected chi connectivity index (χ2v) is 3.78. The summed E-state index contributed by atoms with van der Waals surface area (Å²) in [6, 6.07) is 1.77. The van der Waals surface area contributed by atoms with Gasteiger partial charge in [-0.3, -0.25) is 10.1 Å². The highest BCUT2D eigenvalue weighted by Crippen LogP contribution is 2.31. The van der Waals surface area contributed by atoms with Gasteiger partial charge in [0.25, 0.3) is 0 Å². The van der Waals surface area contributed by atoms with Crippen LogP contribution in [-0.2, 0) is 6.54 Å². The zero-order valence-electron chi connectivity index (χ0n) is 10.1. The van der Waals surface area contributed by atoms with Crippen molar-refractivity contribution in [3.8, 4) is 0 Å². The molecule has 9 heteroatoms. The third-order valence-electron chi connectivity index (χ3n) is 2.48. The second kappa shape index (κ2) is 5.31. The Labute approximate surface area is 108 Å². The molecule has 19 heavy (non-hydrogen) atoms. The van der Waals surface area contributed by atoms with Crippen LogP contribution < -0.4 is 16.2 Å². The van der Waals surface area contributed by atoms with Crippen LogP contribution in [0.1, 0.15) is 5.56 Å². The summed E-state index contributed by atoms with van der Waals surface area (Å²) in [7, 11) is 1.68. The van der Waals surface area contributed by atoms with Crippen LogP contribution in [0.4, 0.5) is 17.3 Å². The molecule has 9 nitrogen and oxygen atoms in total. The van der Waals surface area contributed by atoms with Gasteiger partial charge in [-0.1, -0.05) is 0 Å². The summed E-state index contributed by atoms with van der Waals surface area (Å²) < 4.78 is 4.95. The van der Waals surface area contributed by atoms with E-state index in [1.54, 1.807) is 24.3 Å². The predicted molar refractivity (Wildman–Crippen MR) is 67.3 cm³/mol. The van der Waals surface area contributed by atoms with Crippen molar-refractivity contribution in [2.45, 2.75) is 6.54 Å². The molecule has 0 saturated carbocycles. The molecule has 0 bridgehead atoms. The lowest BCUT2D eigenvalue weighted by molar-refractivity contribution is -0.383. The number of nitrogen functional groups attached to an aromatic ring is 1. The van der Waals surface area contributed by atoms with Crippen LogP contribution in [0, 0.1) is 10.1 Å². The summed E-state index contributed by atoms with van der Waals surface area (Å²) in [6.07, 6.45) is 4.31. The Bertz CT molecular complexity index is 571. The van der Waals surface area contributed by atoms with E-state index in [0.717, 1.165) is 5.56 Å². The van der Waals surface area contributed by atoms with Crippen molar-refractivity contribution in [1.29, 1.82) is 0 Å². The number of rotatable bonds is 5. The van der Waals surface area contributed by atoms with Gasteiger partial charge in [0.1, 0.15) is 6.33 Å². The Morgan fingerprint density at radius 2 is 2.37 bits per heavy atom. The van der Waals surface area contributed by atoms with Crippen molar-refractivity contribution in [1.82, 2.24) is 9.97 Å². The van der Waals surface area contributed by atoms with Gasteiger partial charge in [-0.25, -0.2) is 15.8 Å². The molecule has 2 heterocycles. The molecule has 2 aromatic heterocycles. The summed E-state index contributed by atoms with van der Waals surface area (Å²) in [4.78, 5) is 19.8. The van der Waals surface area contributed by atoms with Gasteiger partial charge in [-0.15, -0.1) is 0 Å². The zero-order chi connectivity index (χ0) is 13.8. The average molecular weight is 264 g/mol. The first kappa shape index (κ1) is 12.8. The van der Waals surface area contributed by atoms with Gasteiger partial charge in [-0.05, 0) is 6.07 Å². The van der Waals surface area contributed by atoms with E-state index in [-0.39, 0.29) is 17.3 Å². The molecule has 0 atom stereocenters. The van der Waals surface area contributed by atoms with Crippen LogP contribution in [0.2, 0.25) is 0 Å². The van der Waals surface area contributed by atoms with E-state index in [0.29, 0.717) is 6.54 Å². The third kappa shape index (κ3) is 2.60. The fraction of sp³-hybridized carbons (Fsp3) is 0.200. The van der Waals surface area contributed by atoms with Gasteiger partial charge in [0.15, 0.2) is 0 Å². The molecule has 0 unspecified atom stereocenters. The zero-order valence-corrected chi connectivity index (χ0v) is 10.1.